The first-order valence-corrected chi connectivity index (χ1v) is 6.37. The first-order chi connectivity index (χ1) is 9.00. The minimum absolute atomic E-state index is 0.0356. The third-order valence-electron chi connectivity index (χ3n) is 2.22. The Balaban J connectivity index is 3.59. The van der Waals surface area contributed by atoms with Crippen LogP contribution >= 0.6 is 0 Å². The van der Waals surface area contributed by atoms with Crippen LogP contribution in [0.3, 0.4) is 0 Å². The summed E-state index contributed by atoms with van der Waals surface area (Å²) in [5.74, 6) is -5.18. The van der Waals surface area contributed by atoms with Crippen molar-refractivity contribution in [1.82, 2.24) is 0 Å². The van der Waals surface area contributed by atoms with E-state index in [1.54, 1.807) is 0 Å². The monoisotopic (exact) mass is 318 g/mol. The van der Waals surface area contributed by atoms with Crippen LogP contribution in [-0.2, 0) is 20.8 Å². The fourth-order valence-electron chi connectivity index (χ4n) is 1.27. The number of halogens is 5. The molecular weight excluding hydrogens is 311 g/mol. The van der Waals surface area contributed by atoms with Gasteiger partial charge in [-0.3, -0.25) is 0 Å². The second-order valence-corrected chi connectivity index (χ2v) is 5.46. The molecule has 0 spiro atoms. The molecule has 0 aliphatic rings. The maximum Gasteiger partial charge on any atom is 0.416 e. The molecule has 0 radical (unpaired) electrons. The van der Waals surface area contributed by atoms with E-state index in [0.29, 0.717) is 12.1 Å². The molecule has 0 bridgehead atoms. The first kappa shape index (κ1) is 16.3. The fourth-order valence-corrected chi connectivity index (χ4v) is 2.05. The molecule has 0 aliphatic heterocycles. The van der Waals surface area contributed by atoms with Crippen molar-refractivity contribution in [3.8, 4) is 0 Å². The summed E-state index contributed by atoms with van der Waals surface area (Å²) < 4.78 is 89.0. The van der Waals surface area contributed by atoms with Crippen LogP contribution in [0.5, 0.6) is 0 Å². The Morgan fingerprint density at radius 1 is 1.20 bits per heavy atom. The van der Waals surface area contributed by atoms with E-state index in [9.17, 15) is 35.2 Å². The maximum atomic E-state index is 12.6. The van der Waals surface area contributed by atoms with Crippen molar-refractivity contribution in [2.75, 3.05) is 7.11 Å². The van der Waals surface area contributed by atoms with Crippen LogP contribution in [0.2, 0.25) is 0 Å². The number of hydrogen-bond acceptors (Lipinski definition) is 4. The predicted octanol–water partition coefficient (Wildman–Crippen LogP) is 2.49. The number of benzene rings is 1. The molecule has 0 aliphatic carbocycles. The second kappa shape index (κ2) is 5.35. The molecule has 0 saturated heterocycles. The molecule has 4 nitrogen and oxygen atoms in total. The summed E-state index contributed by atoms with van der Waals surface area (Å²) in [5, 5.41) is 0. The van der Waals surface area contributed by atoms with Crippen LogP contribution in [0, 0.1) is 0 Å². The summed E-state index contributed by atoms with van der Waals surface area (Å²) in [6.45, 7) is 0. The van der Waals surface area contributed by atoms with Crippen molar-refractivity contribution in [3.63, 3.8) is 0 Å². The molecule has 0 atom stereocenters. The number of ether oxygens (including phenoxy) is 1. The highest BCUT2D eigenvalue weighted by Gasteiger charge is 2.35. The SMILES string of the molecule is COC(=O)c1cc(C(F)(F)F)cc(S(=O)(=O)C(F)F)c1. The molecule has 0 unspecified atom stereocenters. The van der Waals surface area contributed by atoms with E-state index in [1.807, 2.05) is 0 Å². The molecule has 0 aromatic heterocycles. The first-order valence-electron chi connectivity index (χ1n) is 4.83. The van der Waals surface area contributed by atoms with Gasteiger partial charge in [-0.15, -0.1) is 0 Å². The molecule has 0 amide bonds. The zero-order chi connectivity index (χ0) is 15.7. The lowest BCUT2D eigenvalue weighted by Gasteiger charge is -2.11. The van der Waals surface area contributed by atoms with Gasteiger partial charge in [0.1, 0.15) is 0 Å². The van der Waals surface area contributed by atoms with E-state index in [0.717, 1.165) is 7.11 Å². The average Bonchev–Trinajstić information content (AvgIpc) is 2.35. The van der Waals surface area contributed by atoms with Crippen LogP contribution in [0.25, 0.3) is 0 Å². The molecule has 112 valence electrons. The van der Waals surface area contributed by atoms with E-state index < -0.39 is 43.8 Å². The van der Waals surface area contributed by atoms with Gasteiger partial charge in [0.15, 0.2) is 0 Å². The number of carbonyl (C=O) groups is 1. The standard InChI is InChI=1S/C10H7F5O4S/c1-19-8(16)5-2-6(10(13,14)15)4-7(3-5)20(17,18)9(11)12/h2-4,9H,1H3. The summed E-state index contributed by atoms with van der Waals surface area (Å²) in [5.41, 5.74) is -2.33. The summed E-state index contributed by atoms with van der Waals surface area (Å²) in [6, 6.07) is 0.757. The van der Waals surface area contributed by atoms with E-state index >= 15 is 0 Å². The maximum absolute atomic E-state index is 12.6. The van der Waals surface area contributed by atoms with E-state index in [2.05, 4.69) is 4.74 Å². The lowest BCUT2D eigenvalue weighted by Crippen LogP contribution is -2.15. The van der Waals surface area contributed by atoms with E-state index in [4.69, 9.17) is 0 Å². The van der Waals surface area contributed by atoms with Gasteiger partial charge < -0.3 is 4.74 Å². The van der Waals surface area contributed by atoms with Gasteiger partial charge in [0.2, 0.25) is 9.84 Å². The normalized spacial score (nSPS) is 12.6. The lowest BCUT2D eigenvalue weighted by atomic mass is 10.1. The lowest BCUT2D eigenvalue weighted by molar-refractivity contribution is -0.137. The molecular formula is C10H7F5O4S. The van der Waals surface area contributed by atoms with Gasteiger partial charge in [-0.05, 0) is 18.2 Å². The smallest absolute Gasteiger partial charge is 0.416 e. The van der Waals surface area contributed by atoms with Gasteiger partial charge in [-0.2, -0.15) is 22.0 Å². The molecule has 0 N–H and O–H groups in total. The Bertz CT molecular complexity index is 621. The van der Waals surface area contributed by atoms with Crippen LogP contribution in [0.4, 0.5) is 22.0 Å². The number of alkyl halides is 5. The third kappa shape index (κ3) is 3.24. The Morgan fingerprint density at radius 3 is 2.15 bits per heavy atom. The second-order valence-electron chi connectivity index (χ2n) is 3.54. The van der Waals surface area contributed by atoms with E-state index in [-0.39, 0.29) is 6.07 Å². The van der Waals surface area contributed by atoms with Crippen LogP contribution in [0.15, 0.2) is 23.1 Å². The summed E-state index contributed by atoms with van der Waals surface area (Å²) in [6.07, 6.45) is -5.00. The van der Waals surface area contributed by atoms with Crippen LogP contribution < -0.4 is 0 Å². The Morgan fingerprint density at radius 2 is 1.75 bits per heavy atom. The van der Waals surface area contributed by atoms with Gasteiger partial charge in [-0.25, -0.2) is 13.2 Å². The fraction of sp³-hybridized carbons (Fsp3) is 0.300. The molecule has 0 saturated carbocycles. The zero-order valence-electron chi connectivity index (χ0n) is 9.74. The number of rotatable bonds is 3. The highest BCUT2D eigenvalue weighted by molar-refractivity contribution is 7.91. The molecule has 0 heterocycles. The highest BCUT2D eigenvalue weighted by Crippen LogP contribution is 2.33. The third-order valence-corrected chi connectivity index (χ3v) is 3.58. The van der Waals surface area contributed by atoms with Gasteiger partial charge in [0.05, 0.1) is 23.1 Å². The van der Waals surface area contributed by atoms with Crippen molar-refractivity contribution in [1.29, 1.82) is 0 Å². The number of methoxy groups -OCH3 is 1. The zero-order valence-corrected chi connectivity index (χ0v) is 10.6. The molecule has 1 rings (SSSR count). The van der Waals surface area contributed by atoms with E-state index in [1.165, 1.54) is 0 Å². The number of hydrogen-bond donors (Lipinski definition) is 0. The summed E-state index contributed by atoms with van der Waals surface area (Å²) >= 11 is 0. The van der Waals surface area contributed by atoms with Gasteiger partial charge in [0, 0.05) is 0 Å². The van der Waals surface area contributed by atoms with Gasteiger partial charge >= 0.3 is 17.9 Å². The topological polar surface area (TPSA) is 60.4 Å². The number of esters is 1. The Kier molecular flexibility index (Phi) is 4.37. The van der Waals surface area contributed by atoms with Crippen molar-refractivity contribution in [2.45, 2.75) is 16.8 Å². The highest BCUT2D eigenvalue weighted by atomic mass is 32.2. The van der Waals surface area contributed by atoms with Gasteiger partial charge in [0.25, 0.3) is 0 Å². The average molecular weight is 318 g/mol. The Labute approximate surface area is 110 Å². The number of sulfone groups is 1. The molecule has 10 heteroatoms. The van der Waals surface area contributed by atoms with Crippen LogP contribution in [0.1, 0.15) is 15.9 Å². The molecule has 0 fully saturated rings. The van der Waals surface area contributed by atoms with Crippen molar-refractivity contribution < 1.29 is 39.9 Å². The van der Waals surface area contributed by atoms with Crippen molar-refractivity contribution in [3.05, 3.63) is 29.3 Å². The summed E-state index contributed by atoms with van der Waals surface area (Å²) in [4.78, 5) is 9.87. The summed E-state index contributed by atoms with van der Waals surface area (Å²) in [7, 11) is -4.41. The minimum Gasteiger partial charge on any atom is -0.465 e. The molecule has 20 heavy (non-hydrogen) atoms. The van der Waals surface area contributed by atoms with Crippen molar-refractivity contribution in [2.24, 2.45) is 0 Å². The quantitative estimate of drug-likeness (QED) is 0.634. The Hall–Kier alpha value is -1.71. The number of carbonyl (C=O) groups excluding carboxylic acids is 1. The molecule has 1 aromatic rings. The van der Waals surface area contributed by atoms with Crippen LogP contribution in [-0.4, -0.2) is 27.3 Å². The van der Waals surface area contributed by atoms with Gasteiger partial charge in [-0.1, -0.05) is 0 Å². The predicted molar refractivity (Wildman–Crippen MR) is 56.0 cm³/mol. The molecule has 1 aromatic carbocycles. The largest absolute Gasteiger partial charge is 0.465 e. The van der Waals surface area contributed by atoms with Crippen molar-refractivity contribution >= 4 is 15.8 Å². The minimum atomic E-state index is -5.27.